The van der Waals surface area contributed by atoms with Gasteiger partial charge in [0.25, 0.3) is 5.69 Å². The third-order valence-corrected chi connectivity index (χ3v) is 7.04. The number of benzene rings is 3. The molecule has 0 aliphatic rings. The lowest BCUT2D eigenvalue weighted by Crippen LogP contribution is -2.41. The van der Waals surface area contributed by atoms with Gasteiger partial charge in [0.1, 0.15) is 0 Å². The Morgan fingerprint density at radius 1 is 0.848 bits per heavy atom. The largest absolute Gasteiger partial charge is 0.395 e. The van der Waals surface area contributed by atoms with Gasteiger partial charge in [-0.1, -0.05) is 24.3 Å². The minimum Gasteiger partial charge on any atom is -0.395 e. The highest BCUT2D eigenvalue weighted by Crippen LogP contribution is 2.27. The number of nitrogens with zero attached hydrogens (tertiary/aromatic N) is 2. The van der Waals surface area contributed by atoms with Gasteiger partial charge in [0.2, 0.25) is 0 Å². The summed E-state index contributed by atoms with van der Waals surface area (Å²) in [6.07, 6.45) is 3.05. The highest BCUT2D eigenvalue weighted by atomic mass is 32.2. The number of non-ortho nitro benzene ring substituents is 1. The van der Waals surface area contributed by atoms with E-state index in [1.807, 2.05) is 17.4 Å². The van der Waals surface area contributed by atoms with E-state index in [4.69, 9.17) is 0 Å². The molecule has 0 bridgehead atoms. The fraction of sp³-hybridized carbons (Fsp3) is 0.280. The third kappa shape index (κ3) is 6.82. The van der Waals surface area contributed by atoms with Crippen molar-refractivity contribution < 1.29 is 15.1 Å². The van der Waals surface area contributed by atoms with Gasteiger partial charge >= 0.3 is 0 Å². The third-order valence-electron chi connectivity index (χ3n) is 5.56. The standard InChI is InChI=1S/C25H28N2O4S2/c1-32-22-11-3-18(4-12-22)15-26(16-19-5-13-23(33-2)14-6-19)24(17-28)25(29)20-7-9-21(10-8-20)27(30)31/h3-14,24-25,28-29H,15-17H2,1-2H3/t24-,25-/m0/s1. The number of hydrogen-bond acceptors (Lipinski definition) is 7. The Morgan fingerprint density at radius 2 is 1.30 bits per heavy atom. The van der Waals surface area contributed by atoms with Crippen LogP contribution in [-0.2, 0) is 13.1 Å². The van der Waals surface area contributed by atoms with Gasteiger partial charge in [0, 0.05) is 35.0 Å². The van der Waals surface area contributed by atoms with E-state index >= 15 is 0 Å². The van der Waals surface area contributed by atoms with E-state index in [2.05, 4.69) is 48.5 Å². The summed E-state index contributed by atoms with van der Waals surface area (Å²) in [5.74, 6) is 0. The summed E-state index contributed by atoms with van der Waals surface area (Å²) in [6, 6.07) is 21.7. The van der Waals surface area contributed by atoms with E-state index in [-0.39, 0.29) is 12.3 Å². The van der Waals surface area contributed by atoms with Crippen LogP contribution in [0.5, 0.6) is 0 Å². The molecule has 6 nitrogen and oxygen atoms in total. The predicted octanol–water partition coefficient (Wildman–Crippen LogP) is 5.14. The first-order chi connectivity index (χ1) is 15.9. The number of aliphatic hydroxyl groups excluding tert-OH is 2. The van der Waals surface area contributed by atoms with Crippen LogP contribution in [0, 0.1) is 10.1 Å². The molecule has 0 heterocycles. The van der Waals surface area contributed by atoms with Crippen molar-refractivity contribution in [3.05, 3.63) is 99.6 Å². The second kappa shape index (κ2) is 12.2. The molecule has 8 heteroatoms. The second-order valence-electron chi connectivity index (χ2n) is 7.64. The second-order valence-corrected chi connectivity index (χ2v) is 9.40. The average molecular weight is 485 g/mol. The summed E-state index contributed by atoms with van der Waals surface area (Å²) in [4.78, 5) is 14.9. The van der Waals surface area contributed by atoms with Crippen LogP contribution in [0.3, 0.4) is 0 Å². The van der Waals surface area contributed by atoms with Crippen molar-refractivity contribution in [3.8, 4) is 0 Å². The fourth-order valence-electron chi connectivity index (χ4n) is 3.65. The first kappa shape index (κ1) is 25.3. The van der Waals surface area contributed by atoms with Gasteiger partial charge < -0.3 is 10.2 Å². The molecule has 0 radical (unpaired) electrons. The lowest BCUT2D eigenvalue weighted by Gasteiger charge is -2.34. The lowest BCUT2D eigenvalue weighted by molar-refractivity contribution is -0.384. The summed E-state index contributed by atoms with van der Waals surface area (Å²) in [5, 5.41) is 32.4. The van der Waals surface area contributed by atoms with Gasteiger partial charge in [-0.15, -0.1) is 23.5 Å². The van der Waals surface area contributed by atoms with E-state index in [1.165, 1.54) is 21.9 Å². The molecular weight excluding hydrogens is 456 g/mol. The van der Waals surface area contributed by atoms with E-state index in [0.717, 1.165) is 11.1 Å². The molecule has 3 rings (SSSR count). The molecule has 0 aliphatic carbocycles. The Kier molecular flexibility index (Phi) is 9.34. The van der Waals surface area contributed by atoms with Crippen LogP contribution in [0.4, 0.5) is 5.69 Å². The quantitative estimate of drug-likeness (QED) is 0.221. The zero-order valence-electron chi connectivity index (χ0n) is 18.6. The predicted molar refractivity (Wildman–Crippen MR) is 135 cm³/mol. The summed E-state index contributed by atoms with van der Waals surface area (Å²) in [6.45, 7) is 0.812. The summed E-state index contributed by atoms with van der Waals surface area (Å²) < 4.78 is 0. The lowest BCUT2D eigenvalue weighted by atomic mass is 9.99. The fourth-order valence-corrected chi connectivity index (χ4v) is 4.47. The highest BCUT2D eigenvalue weighted by molar-refractivity contribution is 7.98. The van der Waals surface area contributed by atoms with Crippen molar-refractivity contribution in [2.75, 3.05) is 19.1 Å². The van der Waals surface area contributed by atoms with Crippen LogP contribution >= 0.6 is 23.5 Å². The molecule has 0 aromatic heterocycles. The van der Waals surface area contributed by atoms with Crippen molar-refractivity contribution in [2.24, 2.45) is 0 Å². The Labute approximate surface area is 202 Å². The van der Waals surface area contributed by atoms with Crippen molar-refractivity contribution >= 4 is 29.2 Å². The number of nitro groups is 1. The molecule has 2 atom stereocenters. The molecule has 0 spiro atoms. The first-order valence-electron chi connectivity index (χ1n) is 10.5. The number of aliphatic hydroxyl groups is 2. The highest BCUT2D eigenvalue weighted by Gasteiger charge is 2.27. The minimum absolute atomic E-state index is 0.0360. The van der Waals surface area contributed by atoms with E-state index < -0.39 is 17.1 Å². The monoisotopic (exact) mass is 484 g/mol. The van der Waals surface area contributed by atoms with E-state index in [1.54, 1.807) is 35.7 Å². The summed E-state index contributed by atoms with van der Waals surface area (Å²) >= 11 is 3.35. The van der Waals surface area contributed by atoms with Crippen LogP contribution in [0.1, 0.15) is 22.8 Å². The number of hydrogen-bond donors (Lipinski definition) is 2. The van der Waals surface area contributed by atoms with E-state index in [0.29, 0.717) is 18.7 Å². The Morgan fingerprint density at radius 3 is 1.67 bits per heavy atom. The van der Waals surface area contributed by atoms with Gasteiger partial charge in [-0.05, 0) is 65.6 Å². The van der Waals surface area contributed by atoms with Crippen LogP contribution in [0.15, 0.2) is 82.6 Å². The molecule has 3 aromatic carbocycles. The van der Waals surface area contributed by atoms with Crippen molar-refractivity contribution in [1.29, 1.82) is 0 Å². The minimum atomic E-state index is -1.01. The van der Waals surface area contributed by atoms with Gasteiger partial charge in [-0.3, -0.25) is 15.0 Å². The van der Waals surface area contributed by atoms with Crippen molar-refractivity contribution in [2.45, 2.75) is 35.0 Å². The Bertz CT molecular complexity index is 978. The Hall–Kier alpha value is -2.36. The SMILES string of the molecule is CSc1ccc(CN(Cc2ccc(SC)cc2)[C@@H](CO)[C@@H](O)c2ccc([N+](=O)[O-])cc2)cc1. The maximum absolute atomic E-state index is 11.1. The molecule has 2 N–H and O–H groups in total. The van der Waals surface area contributed by atoms with Gasteiger partial charge in [-0.25, -0.2) is 0 Å². The number of thioether (sulfide) groups is 2. The Balaban J connectivity index is 1.88. The molecular formula is C25H28N2O4S2. The van der Waals surface area contributed by atoms with Crippen LogP contribution in [0.2, 0.25) is 0 Å². The van der Waals surface area contributed by atoms with Crippen LogP contribution < -0.4 is 0 Å². The topological polar surface area (TPSA) is 86.8 Å². The van der Waals surface area contributed by atoms with Gasteiger partial charge in [0.15, 0.2) is 0 Å². The van der Waals surface area contributed by atoms with Crippen molar-refractivity contribution in [3.63, 3.8) is 0 Å². The molecule has 174 valence electrons. The molecule has 33 heavy (non-hydrogen) atoms. The molecule has 0 unspecified atom stereocenters. The van der Waals surface area contributed by atoms with Gasteiger partial charge in [0.05, 0.1) is 23.7 Å². The molecule has 0 saturated carbocycles. The number of nitro benzene ring substituents is 1. The number of rotatable bonds is 11. The maximum atomic E-state index is 11.1. The van der Waals surface area contributed by atoms with Crippen LogP contribution in [-0.4, -0.2) is 45.2 Å². The summed E-state index contributed by atoms with van der Waals surface area (Å²) in [5.41, 5.74) is 2.64. The first-order valence-corrected chi connectivity index (χ1v) is 12.9. The molecule has 0 fully saturated rings. The zero-order valence-corrected chi connectivity index (χ0v) is 20.3. The average Bonchev–Trinajstić information content (AvgIpc) is 2.85. The molecule has 3 aromatic rings. The normalized spacial score (nSPS) is 13.1. The van der Waals surface area contributed by atoms with Gasteiger partial charge in [-0.2, -0.15) is 0 Å². The van der Waals surface area contributed by atoms with E-state index in [9.17, 15) is 20.3 Å². The van der Waals surface area contributed by atoms with Crippen molar-refractivity contribution in [1.82, 2.24) is 4.90 Å². The molecule has 0 aliphatic heterocycles. The molecule has 0 saturated heterocycles. The summed E-state index contributed by atoms with van der Waals surface area (Å²) in [7, 11) is 0. The zero-order chi connectivity index (χ0) is 23.8. The smallest absolute Gasteiger partial charge is 0.269 e. The molecule has 0 amide bonds. The van der Waals surface area contributed by atoms with Crippen LogP contribution in [0.25, 0.3) is 0 Å². The maximum Gasteiger partial charge on any atom is 0.269 e.